The normalized spacial score (nSPS) is 11.2. The van der Waals surface area contributed by atoms with Crippen molar-refractivity contribution in [2.75, 3.05) is 6.54 Å². The lowest BCUT2D eigenvalue weighted by Crippen LogP contribution is -2.36. The fourth-order valence-corrected chi connectivity index (χ4v) is 3.31. The quantitative estimate of drug-likeness (QED) is 0.837. The summed E-state index contributed by atoms with van der Waals surface area (Å²) in [4.78, 5) is 12.0. The Bertz CT molecular complexity index is 789. The highest BCUT2D eigenvalue weighted by atomic mass is 35.5. The maximum Gasteiger partial charge on any atom is 0.241 e. The SMILES string of the molecule is Cc1ccccc1S(=O)(=O)NCC(=O)NCc1ccc(Cl)cc1. The van der Waals surface area contributed by atoms with Gasteiger partial charge in [0, 0.05) is 11.6 Å². The number of hydrogen-bond acceptors (Lipinski definition) is 3. The van der Waals surface area contributed by atoms with Crippen LogP contribution in [0.25, 0.3) is 0 Å². The number of hydrogen-bond donors (Lipinski definition) is 2. The van der Waals surface area contributed by atoms with E-state index in [9.17, 15) is 13.2 Å². The van der Waals surface area contributed by atoms with Gasteiger partial charge in [0.1, 0.15) is 0 Å². The van der Waals surface area contributed by atoms with Gasteiger partial charge in [-0.15, -0.1) is 0 Å². The zero-order valence-corrected chi connectivity index (χ0v) is 14.1. The molecule has 0 aliphatic carbocycles. The van der Waals surface area contributed by atoms with Crippen LogP contribution in [-0.4, -0.2) is 20.9 Å². The van der Waals surface area contributed by atoms with Crippen LogP contribution in [0.1, 0.15) is 11.1 Å². The predicted octanol–water partition coefficient (Wildman–Crippen LogP) is 2.24. The minimum atomic E-state index is -3.70. The zero-order chi connectivity index (χ0) is 16.9. The number of rotatable bonds is 6. The number of aryl methyl sites for hydroxylation is 1. The van der Waals surface area contributed by atoms with Gasteiger partial charge >= 0.3 is 0 Å². The lowest BCUT2D eigenvalue weighted by Gasteiger charge is -2.09. The number of nitrogens with one attached hydrogen (secondary N) is 2. The Kier molecular flexibility index (Phi) is 5.76. The van der Waals surface area contributed by atoms with Crippen molar-refractivity contribution in [2.24, 2.45) is 0 Å². The molecule has 2 N–H and O–H groups in total. The maximum absolute atomic E-state index is 12.2. The largest absolute Gasteiger partial charge is 0.351 e. The fourth-order valence-electron chi connectivity index (χ4n) is 1.96. The van der Waals surface area contributed by atoms with Crippen molar-refractivity contribution in [3.8, 4) is 0 Å². The minimum Gasteiger partial charge on any atom is -0.351 e. The molecule has 0 unspecified atom stereocenters. The number of carbonyl (C=O) groups is 1. The third-order valence-corrected chi connectivity index (χ3v) is 5.02. The highest BCUT2D eigenvalue weighted by Gasteiger charge is 2.17. The van der Waals surface area contributed by atoms with E-state index >= 15 is 0 Å². The van der Waals surface area contributed by atoms with Gasteiger partial charge in [-0.2, -0.15) is 0 Å². The van der Waals surface area contributed by atoms with Crippen LogP contribution < -0.4 is 10.0 Å². The zero-order valence-electron chi connectivity index (χ0n) is 12.5. The Morgan fingerprint density at radius 1 is 1.09 bits per heavy atom. The van der Waals surface area contributed by atoms with Gasteiger partial charge in [-0.1, -0.05) is 41.9 Å². The summed E-state index contributed by atoms with van der Waals surface area (Å²) in [6, 6.07) is 13.6. The van der Waals surface area contributed by atoms with Crippen molar-refractivity contribution in [3.05, 3.63) is 64.7 Å². The van der Waals surface area contributed by atoms with E-state index in [2.05, 4.69) is 10.0 Å². The van der Waals surface area contributed by atoms with Gasteiger partial charge in [0.2, 0.25) is 15.9 Å². The number of sulfonamides is 1. The molecule has 1 amide bonds. The molecule has 2 rings (SSSR count). The molecule has 23 heavy (non-hydrogen) atoms. The Labute approximate surface area is 140 Å². The Balaban J connectivity index is 1.89. The molecule has 0 aliphatic heterocycles. The van der Waals surface area contributed by atoms with Crippen LogP contribution in [0.4, 0.5) is 0 Å². The average Bonchev–Trinajstić information content (AvgIpc) is 2.53. The Morgan fingerprint density at radius 3 is 2.39 bits per heavy atom. The standard InChI is InChI=1S/C16H17ClN2O3S/c1-12-4-2-3-5-15(12)23(21,22)19-11-16(20)18-10-13-6-8-14(17)9-7-13/h2-9,19H,10-11H2,1H3,(H,18,20). The second-order valence-corrected chi connectivity index (χ2v) is 7.17. The lowest BCUT2D eigenvalue weighted by molar-refractivity contribution is -0.120. The van der Waals surface area contributed by atoms with Crippen molar-refractivity contribution in [2.45, 2.75) is 18.4 Å². The number of carbonyl (C=O) groups excluding carboxylic acids is 1. The van der Waals surface area contributed by atoms with Gasteiger partial charge in [0.15, 0.2) is 0 Å². The van der Waals surface area contributed by atoms with Crippen molar-refractivity contribution < 1.29 is 13.2 Å². The third kappa shape index (κ3) is 5.06. The summed E-state index contributed by atoms with van der Waals surface area (Å²) in [6.07, 6.45) is 0. The first-order valence-electron chi connectivity index (χ1n) is 6.95. The molecule has 0 radical (unpaired) electrons. The summed E-state index contributed by atoms with van der Waals surface area (Å²) in [7, 11) is -3.70. The van der Waals surface area contributed by atoms with Gasteiger partial charge in [0.25, 0.3) is 0 Å². The highest BCUT2D eigenvalue weighted by molar-refractivity contribution is 7.89. The topological polar surface area (TPSA) is 75.3 Å². The van der Waals surface area contributed by atoms with E-state index in [0.29, 0.717) is 17.1 Å². The molecular weight excluding hydrogens is 336 g/mol. The molecule has 2 aromatic carbocycles. The molecule has 122 valence electrons. The van der Waals surface area contributed by atoms with Crippen molar-refractivity contribution in [1.82, 2.24) is 10.0 Å². The summed E-state index contributed by atoms with van der Waals surface area (Å²) >= 11 is 5.78. The predicted molar refractivity (Wildman–Crippen MR) is 89.7 cm³/mol. The summed E-state index contributed by atoms with van der Waals surface area (Å²) < 4.78 is 26.6. The van der Waals surface area contributed by atoms with Gasteiger partial charge in [-0.3, -0.25) is 4.79 Å². The number of halogens is 1. The fraction of sp³-hybridized carbons (Fsp3) is 0.188. The third-order valence-electron chi connectivity index (χ3n) is 3.21. The first kappa shape index (κ1) is 17.5. The Hall–Kier alpha value is -1.89. The van der Waals surface area contributed by atoms with Crippen molar-refractivity contribution in [3.63, 3.8) is 0 Å². The van der Waals surface area contributed by atoms with E-state index < -0.39 is 15.9 Å². The molecule has 0 bridgehead atoms. The number of benzene rings is 2. The summed E-state index contributed by atoms with van der Waals surface area (Å²) in [5.41, 5.74) is 1.51. The molecule has 0 aliphatic rings. The van der Waals surface area contributed by atoms with E-state index in [1.807, 2.05) is 0 Å². The van der Waals surface area contributed by atoms with E-state index in [1.165, 1.54) is 6.07 Å². The molecule has 0 saturated carbocycles. The molecule has 0 saturated heterocycles. The monoisotopic (exact) mass is 352 g/mol. The summed E-state index contributed by atoms with van der Waals surface area (Å²) in [5, 5.41) is 3.26. The second kappa shape index (κ2) is 7.59. The number of amides is 1. The maximum atomic E-state index is 12.2. The lowest BCUT2D eigenvalue weighted by atomic mass is 10.2. The molecule has 2 aromatic rings. The van der Waals surface area contributed by atoms with E-state index in [0.717, 1.165) is 5.56 Å². The molecule has 0 fully saturated rings. The minimum absolute atomic E-state index is 0.172. The van der Waals surface area contributed by atoms with Crippen molar-refractivity contribution >= 4 is 27.5 Å². The van der Waals surface area contributed by atoms with Gasteiger partial charge in [0.05, 0.1) is 11.4 Å². The first-order valence-corrected chi connectivity index (χ1v) is 8.81. The highest BCUT2D eigenvalue weighted by Crippen LogP contribution is 2.13. The van der Waals surface area contributed by atoms with Gasteiger partial charge < -0.3 is 5.32 Å². The first-order chi connectivity index (χ1) is 10.9. The van der Waals surface area contributed by atoms with Crippen LogP contribution in [0.2, 0.25) is 5.02 Å². The van der Waals surface area contributed by atoms with Crippen LogP contribution in [0.15, 0.2) is 53.4 Å². The molecule has 7 heteroatoms. The summed E-state index contributed by atoms with van der Waals surface area (Å²) in [6.45, 7) is 1.70. The van der Waals surface area contributed by atoms with Gasteiger partial charge in [-0.05, 0) is 36.2 Å². The molecule has 0 heterocycles. The van der Waals surface area contributed by atoms with Crippen LogP contribution in [0.5, 0.6) is 0 Å². The van der Waals surface area contributed by atoms with Crippen LogP contribution in [0, 0.1) is 6.92 Å². The molecule has 0 spiro atoms. The van der Waals surface area contributed by atoms with Gasteiger partial charge in [-0.25, -0.2) is 13.1 Å². The molecule has 5 nitrogen and oxygen atoms in total. The van der Waals surface area contributed by atoms with Crippen LogP contribution in [-0.2, 0) is 21.4 Å². The smallest absolute Gasteiger partial charge is 0.241 e. The molecule has 0 atom stereocenters. The average molecular weight is 353 g/mol. The van der Waals surface area contributed by atoms with Crippen molar-refractivity contribution in [1.29, 1.82) is 0 Å². The van der Waals surface area contributed by atoms with E-state index in [-0.39, 0.29) is 11.4 Å². The Morgan fingerprint density at radius 2 is 1.74 bits per heavy atom. The second-order valence-electron chi connectivity index (χ2n) is 4.99. The van der Waals surface area contributed by atoms with E-state index in [4.69, 9.17) is 11.6 Å². The summed E-state index contributed by atoms with van der Waals surface area (Å²) in [5.74, 6) is -0.405. The van der Waals surface area contributed by atoms with E-state index in [1.54, 1.807) is 49.4 Å². The van der Waals surface area contributed by atoms with Crippen LogP contribution >= 0.6 is 11.6 Å². The molecular formula is C16H17ClN2O3S. The van der Waals surface area contributed by atoms with Crippen LogP contribution in [0.3, 0.4) is 0 Å². The molecule has 0 aromatic heterocycles.